The number of rotatable bonds is 6. The normalized spacial score (nSPS) is 12.7. The zero-order valence-corrected chi connectivity index (χ0v) is 12.6. The molecule has 1 heterocycles. The molecule has 22 heavy (non-hydrogen) atoms. The molecule has 0 saturated heterocycles. The van der Waals surface area contributed by atoms with Crippen molar-refractivity contribution in [1.82, 2.24) is 0 Å². The van der Waals surface area contributed by atoms with Gasteiger partial charge in [0.15, 0.2) is 0 Å². The Balaban J connectivity index is 1.76. The highest BCUT2D eigenvalue weighted by Gasteiger charge is 2.16. The van der Waals surface area contributed by atoms with Crippen LogP contribution in [0.4, 0.5) is 5.69 Å². The van der Waals surface area contributed by atoms with Crippen molar-refractivity contribution >= 4 is 11.4 Å². The summed E-state index contributed by atoms with van der Waals surface area (Å²) >= 11 is 0. The van der Waals surface area contributed by atoms with Crippen LogP contribution in [0.2, 0.25) is 0 Å². The lowest BCUT2D eigenvalue weighted by Crippen LogP contribution is -2.00. The number of ether oxygens (including phenoxy) is 2. The fourth-order valence-corrected chi connectivity index (χ4v) is 2.46. The molecule has 2 aromatic rings. The molecule has 0 atom stereocenters. The average molecular weight is 297 g/mol. The summed E-state index contributed by atoms with van der Waals surface area (Å²) in [5.74, 6) is 1.64. The molecule has 0 aliphatic carbocycles. The summed E-state index contributed by atoms with van der Waals surface area (Å²) in [6, 6.07) is 13.9. The molecule has 0 radical (unpaired) electrons. The van der Waals surface area contributed by atoms with Crippen molar-refractivity contribution in [2.75, 3.05) is 20.3 Å². The molecule has 0 saturated carbocycles. The zero-order valence-electron chi connectivity index (χ0n) is 12.6. The van der Waals surface area contributed by atoms with Crippen molar-refractivity contribution < 1.29 is 14.6 Å². The highest BCUT2D eigenvalue weighted by Crippen LogP contribution is 2.32. The molecule has 0 spiro atoms. The van der Waals surface area contributed by atoms with E-state index in [1.54, 1.807) is 7.11 Å². The average Bonchev–Trinajstić information content (AvgIpc) is 2.98. The molecule has 114 valence electrons. The topological polar surface area (TPSA) is 51.0 Å². The second kappa shape index (κ2) is 6.62. The van der Waals surface area contributed by atoms with Crippen LogP contribution in [0.1, 0.15) is 17.5 Å². The number of methoxy groups -OCH3 is 1. The standard InChI is InChI=1S/C18H19NO3/c1-21-15-6-3-13(4-7-15)17-11-14-5-8-16(12-18(14)19-17)22-10-2-9-20/h3-8,12,20H,2,9-11H2,1H3. The van der Waals surface area contributed by atoms with Crippen LogP contribution in [-0.2, 0) is 6.42 Å². The van der Waals surface area contributed by atoms with Crippen molar-refractivity contribution in [3.05, 3.63) is 53.6 Å². The number of aliphatic hydroxyl groups excluding tert-OH is 1. The Kier molecular flexibility index (Phi) is 4.39. The van der Waals surface area contributed by atoms with Crippen molar-refractivity contribution in [1.29, 1.82) is 0 Å². The monoisotopic (exact) mass is 297 g/mol. The number of hydrogen-bond acceptors (Lipinski definition) is 4. The van der Waals surface area contributed by atoms with Crippen LogP contribution in [0, 0.1) is 0 Å². The van der Waals surface area contributed by atoms with E-state index in [4.69, 9.17) is 19.6 Å². The quantitative estimate of drug-likeness (QED) is 0.833. The van der Waals surface area contributed by atoms with E-state index in [2.05, 4.69) is 6.07 Å². The van der Waals surface area contributed by atoms with E-state index in [1.807, 2.05) is 36.4 Å². The first kappa shape index (κ1) is 14.6. The number of aliphatic hydroxyl groups is 1. The number of aliphatic imine (C=N–C) groups is 1. The van der Waals surface area contributed by atoms with Gasteiger partial charge in [-0.1, -0.05) is 6.07 Å². The largest absolute Gasteiger partial charge is 0.497 e. The highest BCUT2D eigenvalue weighted by atomic mass is 16.5. The van der Waals surface area contributed by atoms with E-state index in [0.717, 1.165) is 34.9 Å². The molecule has 2 aromatic carbocycles. The predicted molar refractivity (Wildman–Crippen MR) is 86.5 cm³/mol. The predicted octanol–water partition coefficient (Wildman–Crippen LogP) is 3.13. The summed E-state index contributed by atoms with van der Waals surface area (Å²) in [5, 5.41) is 8.79. The SMILES string of the molecule is COc1ccc(C2=Nc3cc(OCCCO)ccc3C2)cc1. The second-order valence-electron chi connectivity index (χ2n) is 5.18. The Morgan fingerprint density at radius 1 is 1.09 bits per heavy atom. The lowest BCUT2D eigenvalue weighted by atomic mass is 10.0. The summed E-state index contributed by atoms with van der Waals surface area (Å²) in [4.78, 5) is 4.71. The zero-order chi connectivity index (χ0) is 15.4. The fraction of sp³-hybridized carbons (Fsp3) is 0.278. The number of hydrogen-bond donors (Lipinski definition) is 1. The fourth-order valence-electron chi connectivity index (χ4n) is 2.46. The molecule has 0 fully saturated rings. The summed E-state index contributed by atoms with van der Waals surface area (Å²) in [7, 11) is 1.66. The Labute approximate surface area is 130 Å². The maximum Gasteiger partial charge on any atom is 0.121 e. The van der Waals surface area contributed by atoms with Crippen LogP contribution in [0.25, 0.3) is 0 Å². The van der Waals surface area contributed by atoms with Gasteiger partial charge in [0.05, 0.1) is 25.1 Å². The van der Waals surface area contributed by atoms with Crippen LogP contribution in [0.5, 0.6) is 11.5 Å². The van der Waals surface area contributed by atoms with Gasteiger partial charge in [-0.15, -0.1) is 0 Å². The number of fused-ring (bicyclic) bond motifs is 1. The molecule has 1 aliphatic heterocycles. The lowest BCUT2D eigenvalue weighted by molar-refractivity contribution is 0.233. The molecule has 0 aromatic heterocycles. The number of nitrogens with zero attached hydrogens (tertiary/aromatic N) is 1. The summed E-state index contributed by atoms with van der Waals surface area (Å²) < 4.78 is 10.8. The molecule has 4 heteroatoms. The Morgan fingerprint density at radius 2 is 1.86 bits per heavy atom. The van der Waals surface area contributed by atoms with Crippen LogP contribution < -0.4 is 9.47 Å². The first-order valence-corrected chi connectivity index (χ1v) is 7.39. The second-order valence-corrected chi connectivity index (χ2v) is 5.18. The van der Waals surface area contributed by atoms with Crippen LogP contribution >= 0.6 is 0 Å². The van der Waals surface area contributed by atoms with Gasteiger partial charge in [-0.05, 0) is 41.5 Å². The van der Waals surface area contributed by atoms with Gasteiger partial charge in [0, 0.05) is 25.5 Å². The van der Waals surface area contributed by atoms with E-state index >= 15 is 0 Å². The molecule has 3 rings (SSSR count). The minimum Gasteiger partial charge on any atom is -0.497 e. The van der Waals surface area contributed by atoms with Crippen LogP contribution in [0.3, 0.4) is 0 Å². The smallest absolute Gasteiger partial charge is 0.121 e. The van der Waals surface area contributed by atoms with Gasteiger partial charge in [0.2, 0.25) is 0 Å². The van der Waals surface area contributed by atoms with Gasteiger partial charge in [-0.25, -0.2) is 0 Å². The minimum atomic E-state index is 0.144. The Bertz CT molecular complexity index is 677. The van der Waals surface area contributed by atoms with E-state index < -0.39 is 0 Å². The summed E-state index contributed by atoms with van der Waals surface area (Å²) in [6.45, 7) is 0.662. The van der Waals surface area contributed by atoms with Crippen molar-refractivity contribution in [2.24, 2.45) is 4.99 Å². The first-order valence-electron chi connectivity index (χ1n) is 7.39. The molecule has 1 N–H and O–H groups in total. The molecular formula is C18H19NO3. The van der Waals surface area contributed by atoms with Gasteiger partial charge in [0.1, 0.15) is 11.5 Å². The van der Waals surface area contributed by atoms with Gasteiger partial charge in [-0.3, -0.25) is 4.99 Å². The van der Waals surface area contributed by atoms with Gasteiger partial charge in [0.25, 0.3) is 0 Å². The van der Waals surface area contributed by atoms with E-state index in [-0.39, 0.29) is 6.61 Å². The Hall–Kier alpha value is -2.33. The lowest BCUT2D eigenvalue weighted by Gasteiger charge is -2.06. The van der Waals surface area contributed by atoms with Crippen molar-refractivity contribution in [3.8, 4) is 11.5 Å². The Morgan fingerprint density at radius 3 is 2.59 bits per heavy atom. The molecular weight excluding hydrogens is 278 g/mol. The molecule has 0 amide bonds. The third kappa shape index (κ3) is 3.12. The third-order valence-corrected chi connectivity index (χ3v) is 3.66. The maximum atomic E-state index is 8.79. The van der Waals surface area contributed by atoms with E-state index in [9.17, 15) is 0 Å². The molecule has 4 nitrogen and oxygen atoms in total. The van der Waals surface area contributed by atoms with Gasteiger partial charge < -0.3 is 14.6 Å². The first-order chi connectivity index (χ1) is 10.8. The molecule has 1 aliphatic rings. The van der Waals surface area contributed by atoms with Gasteiger partial charge in [-0.2, -0.15) is 0 Å². The van der Waals surface area contributed by atoms with Gasteiger partial charge >= 0.3 is 0 Å². The van der Waals surface area contributed by atoms with Crippen LogP contribution in [0.15, 0.2) is 47.5 Å². The van der Waals surface area contributed by atoms with Crippen LogP contribution in [-0.4, -0.2) is 31.1 Å². The minimum absolute atomic E-state index is 0.144. The van der Waals surface area contributed by atoms with Crippen molar-refractivity contribution in [2.45, 2.75) is 12.8 Å². The highest BCUT2D eigenvalue weighted by molar-refractivity contribution is 6.06. The summed E-state index contributed by atoms with van der Waals surface area (Å²) in [5.41, 5.74) is 4.34. The third-order valence-electron chi connectivity index (χ3n) is 3.66. The summed E-state index contributed by atoms with van der Waals surface area (Å²) in [6.07, 6.45) is 1.47. The van der Waals surface area contributed by atoms with E-state index in [1.165, 1.54) is 5.56 Å². The van der Waals surface area contributed by atoms with E-state index in [0.29, 0.717) is 13.0 Å². The number of benzene rings is 2. The molecule has 0 unspecified atom stereocenters. The van der Waals surface area contributed by atoms with Crippen molar-refractivity contribution in [3.63, 3.8) is 0 Å². The maximum absolute atomic E-state index is 8.79. The molecule has 0 bridgehead atoms.